The van der Waals surface area contributed by atoms with Crippen LogP contribution in [0.25, 0.3) is 11.5 Å². The van der Waals surface area contributed by atoms with Gasteiger partial charge in [-0.3, -0.25) is 9.59 Å². The Labute approximate surface area is 223 Å². The van der Waals surface area contributed by atoms with Gasteiger partial charge in [-0.1, -0.05) is 67.6 Å². The quantitative estimate of drug-likeness (QED) is 0.216. The van der Waals surface area contributed by atoms with E-state index in [-0.39, 0.29) is 18.1 Å². The number of carboxylic acid groups (broad SMARTS) is 1. The van der Waals surface area contributed by atoms with E-state index in [1.54, 1.807) is 0 Å². The number of oxazole rings is 1. The predicted molar refractivity (Wildman–Crippen MR) is 146 cm³/mol. The first-order chi connectivity index (χ1) is 18.4. The van der Waals surface area contributed by atoms with E-state index in [0.29, 0.717) is 37.5 Å². The van der Waals surface area contributed by atoms with Crippen molar-refractivity contribution in [2.45, 2.75) is 45.4 Å². The van der Waals surface area contributed by atoms with Crippen LogP contribution in [0.1, 0.15) is 48.3 Å². The minimum atomic E-state index is -0.955. The highest BCUT2D eigenvalue weighted by molar-refractivity contribution is 5.84. The smallest absolute Gasteiger partial charge is 0.307 e. The van der Waals surface area contributed by atoms with Crippen LogP contribution in [-0.4, -0.2) is 28.4 Å². The Morgan fingerprint density at radius 1 is 0.921 bits per heavy atom. The number of Topliss-reactive ketones (excluding diaryl/α,β-unsaturated/α-hetero) is 1. The molecule has 6 nitrogen and oxygen atoms in total. The Bertz CT molecular complexity index is 1330. The number of aromatic nitrogens is 1. The number of nitrogens with zero attached hydrogens (tertiary/aromatic N) is 1. The number of hydrogen-bond donors (Lipinski definition) is 1. The molecule has 0 spiro atoms. The number of ketones is 1. The summed E-state index contributed by atoms with van der Waals surface area (Å²) in [7, 11) is 0. The summed E-state index contributed by atoms with van der Waals surface area (Å²) in [5.41, 5.74) is 3.73. The summed E-state index contributed by atoms with van der Waals surface area (Å²) >= 11 is 0. The second-order valence-electron chi connectivity index (χ2n) is 9.63. The van der Waals surface area contributed by atoms with E-state index in [1.165, 1.54) is 0 Å². The minimum Gasteiger partial charge on any atom is -0.493 e. The van der Waals surface area contributed by atoms with E-state index in [2.05, 4.69) is 4.98 Å². The van der Waals surface area contributed by atoms with Gasteiger partial charge in [0.2, 0.25) is 5.89 Å². The van der Waals surface area contributed by atoms with Gasteiger partial charge in [-0.05, 0) is 54.7 Å². The van der Waals surface area contributed by atoms with Crippen molar-refractivity contribution < 1.29 is 23.8 Å². The minimum absolute atomic E-state index is 0.0206. The highest BCUT2D eigenvalue weighted by Gasteiger charge is 2.23. The van der Waals surface area contributed by atoms with E-state index in [4.69, 9.17) is 9.15 Å². The highest BCUT2D eigenvalue weighted by Crippen LogP contribution is 2.24. The van der Waals surface area contributed by atoms with Crippen LogP contribution in [0.2, 0.25) is 0 Å². The summed E-state index contributed by atoms with van der Waals surface area (Å²) in [4.78, 5) is 29.1. The number of benzene rings is 3. The van der Waals surface area contributed by atoms with E-state index >= 15 is 0 Å². The molecule has 4 aromatic rings. The Hall–Kier alpha value is -4.19. The lowest BCUT2D eigenvalue weighted by Crippen LogP contribution is -2.21. The van der Waals surface area contributed by atoms with Gasteiger partial charge in [0.1, 0.15) is 17.3 Å². The van der Waals surface area contributed by atoms with Crippen molar-refractivity contribution in [2.24, 2.45) is 5.92 Å². The molecule has 0 saturated carbocycles. The molecule has 0 aliphatic rings. The summed E-state index contributed by atoms with van der Waals surface area (Å²) in [5, 5.41) is 9.72. The van der Waals surface area contributed by atoms with E-state index in [9.17, 15) is 14.7 Å². The fourth-order valence-corrected chi connectivity index (χ4v) is 4.48. The van der Waals surface area contributed by atoms with Crippen molar-refractivity contribution in [1.82, 2.24) is 4.98 Å². The molecule has 4 rings (SSSR count). The molecule has 0 bridgehead atoms. The molecule has 2 atom stereocenters. The molecule has 1 aromatic heterocycles. The number of ether oxygens (including phenoxy) is 1. The summed E-state index contributed by atoms with van der Waals surface area (Å²) in [5.74, 6) is 0.374. The average Bonchev–Trinajstić information content (AvgIpc) is 3.30. The van der Waals surface area contributed by atoms with E-state index in [1.807, 2.05) is 98.8 Å². The lowest BCUT2D eigenvalue weighted by Gasteiger charge is -2.15. The van der Waals surface area contributed by atoms with Gasteiger partial charge in [-0.15, -0.1) is 0 Å². The van der Waals surface area contributed by atoms with Crippen molar-refractivity contribution in [3.05, 3.63) is 108 Å². The lowest BCUT2D eigenvalue weighted by atomic mass is 9.89. The fourth-order valence-electron chi connectivity index (χ4n) is 4.48. The van der Waals surface area contributed by atoms with Crippen molar-refractivity contribution in [2.75, 3.05) is 6.61 Å². The lowest BCUT2D eigenvalue weighted by molar-refractivity contribution is -0.143. The molecule has 196 valence electrons. The van der Waals surface area contributed by atoms with Crippen LogP contribution < -0.4 is 4.74 Å². The summed E-state index contributed by atoms with van der Waals surface area (Å²) in [6.07, 6.45) is 1.25. The van der Waals surface area contributed by atoms with Crippen molar-refractivity contribution in [1.29, 1.82) is 0 Å². The zero-order valence-corrected chi connectivity index (χ0v) is 21.8. The number of hydrogen-bond acceptors (Lipinski definition) is 5. The normalized spacial score (nSPS) is 12.6. The maximum atomic E-state index is 12.6. The van der Waals surface area contributed by atoms with Gasteiger partial charge in [0.15, 0.2) is 0 Å². The number of carboxylic acids is 1. The molecular formula is C32H33NO5. The molecule has 0 amide bonds. The van der Waals surface area contributed by atoms with Gasteiger partial charge >= 0.3 is 5.97 Å². The SMILES string of the molecule is Cc1oc(-c2ccccc2)nc1CCOc1ccc(CC(CC(=O)CC(C)c2ccccc2)C(=O)O)cc1. The maximum absolute atomic E-state index is 12.6. The van der Waals surface area contributed by atoms with E-state index in [0.717, 1.165) is 28.1 Å². The highest BCUT2D eigenvalue weighted by atomic mass is 16.5. The zero-order valence-electron chi connectivity index (χ0n) is 21.8. The molecular weight excluding hydrogens is 478 g/mol. The second-order valence-corrected chi connectivity index (χ2v) is 9.63. The Balaban J connectivity index is 1.27. The number of aryl methyl sites for hydroxylation is 1. The molecule has 0 fully saturated rings. The standard InChI is InChI=1S/C32H33NO5/c1-22(25-9-5-3-6-10-25)19-28(34)21-27(32(35)36)20-24-13-15-29(16-14-24)37-18-17-30-23(2)38-31(33-30)26-11-7-4-8-12-26/h3-16,22,27H,17-21H2,1-2H3,(H,35,36). The number of carbonyl (C=O) groups excluding carboxylic acids is 1. The van der Waals surface area contributed by atoms with Gasteiger partial charge in [-0.2, -0.15) is 0 Å². The molecule has 0 aliphatic heterocycles. The van der Waals surface area contributed by atoms with Crippen molar-refractivity contribution in [3.8, 4) is 17.2 Å². The monoisotopic (exact) mass is 511 g/mol. The van der Waals surface area contributed by atoms with Crippen LogP contribution in [0.3, 0.4) is 0 Å². The molecule has 2 unspecified atom stereocenters. The first-order valence-electron chi connectivity index (χ1n) is 12.9. The van der Waals surface area contributed by atoms with Gasteiger partial charge in [-0.25, -0.2) is 4.98 Å². The summed E-state index contributed by atoms with van der Waals surface area (Å²) < 4.78 is 11.7. The van der Waals surface area contributed by atoms with Gasteiger partial charge in [0, 0.05) is 24.8 Å². The second kappa shape index (κ2) is 12.9. The van der Waals surface area contributed by atoms with Crippen LogP contribution in [-0.2, 0) is 22.4 Å². The molecule has 1 heterocycles. The number of aliphatic carboxylic acids is 1. The first kappa shape index (κ1) is 26.9. The third kappa shape index (κ3) is 7.42. The largest absolute Gasteiger partial charge is 0.493 e. The van der Waals surface area contributed by atoms with Crippen LogP contribution in [0.4, 0.5) is 0 Å². The molecule has 38 heavy (non-hydrogen) atoms. The van der Waals surface area contributed by atoms with Crippen LogP contribution in [0, 0.1) is 12.8 Å². The van der Waals surface area contributed by atoms with Crippen molar-refractivity contribution >= 4 is 11.8 Å². The summed E-state index contributed by atoms with van der Waals surface area (Å²) in [6.45, 7) is 4.33. The van der Waals surface area contributed by atoms with Gasteiger partial charge in [0.25, 0.3) is 0 Å². The van der Waals surface area contributed by atoms with E-state index < -0.39 is 11.9 Å². The Kier molecular flexibility index (Phi) is 9.09. The summed E-state index contributed by atoms with van der Waals surface area (Å²) in [6, 6.07) is 27.0. The average molecular weight is 512 g/mol. The fraction of sp³-hybridized carbons (Fsp3) is 0.281. The van der Waals surface area contributed by atoms with Crippen LogP contribution in [0.5, 0.6) is 5.75 Å². The van der Waals surface area contributed by atoms with Crippen molar-refractivity contribution in [3.63, 3.8) is 0 Å². The number of carbonyl (C=O) groups is 2. The predicted octanol–water partition coefficient (Wildman–Crippen LogP) is 6.67. The van der Waals surface area contributed by atoms with Gasteiger partial charge < -0.3 is 14.3 Å². The third-order valence-corrected chi connectivity index (χ3v) is 6.65. The number of rotatable bonds is 13. The Morgan fingerprint density at radius 3 is 2.24 bits per heavy atom. The van der Waals surface area contributed by atoms with Crippen LogP contribution >= 0.6 is 0 Å². The van der Waals surface area contributed by atoms with Crippen LogP contribution in [0.15, 0.2) is 89.3 Å². The first-order valence-corrected chi connectivity index (χ1v) is 12.9. The molecule has 0 radical (unpaired) electrons. The molecule has 0 aliphatic carbocycles. The Morgan fingerprint density at radius 2 is 1.58 bits per heavy atom. The zero-order chi connectivity index (χ0) is 26.9. The maximum Gasteiger partial charge on any atom is 0.307 e. The molecule has 3 aromatic carbocycles. The van der Waals surface area contributed by atoms with Gasteiger partial charge in [0.05, 0.1) is 18.2 Å². The molecule has 6 heteroatoms. The third-order valence-electron chi connectivity index (χ3n) is 6.65. The molecule has 1 N–H and O–H groups in total. The topological polar surface area (TPSA) is 89.6 Å². The molecule has 0 saturated heterocycles.